The van der Waals surface area contributed by atoms with Gasteiger partial charge in [0.2, 0.25) is 11.8 Å². The van der Waals surface area contributed by atoms with Gasteiger partial charge in [0.1, 0.15) is 0 Å². The Labute approximate surface area is 129 Å². The van der Waals surface area contributed by atoms with Crippen LogP contribution in [-0.2, 0) is 14.3 Å². The Morgan fingerprint density at radius 2 is 1.73 bits per heavy atom. The van der Waals surface area contributed by atoms with Crippen molar-refractivity contribution in [2.75, 3.05) is 4.90 Å². The van der Waals surface area contributed by atoms with E-state index in [9.17, 15) is 14.4 Å². The first kappa shape index (κ1) is 13.5. The molecule has 3 aliphatic rings. The number of carboxylic acid groups (broad SMARTS) is 1. The standard InChI is InChI=1S/C15H10ClNO5/c16-8-2-1-6(5-7(8)15(20)21)17-13(18)11-9-3-4-10(22-9)12(11)14(17)19/h1-5,9-12H,(H,20,21)/t9-,10-,11-,12-/m1/s1. The van der Waals surface area contributed by atoms with Crippen molar-refractivity contribution in [2.45, 2.75) is 12.2 Å². The Bertz CT molecular complexity index is 728. The molecular formula is C15H10ClNO5. The number of fused-ring (bicyclic) bond motifs is 5. The summed E-state index contributed by atoms with van der Waals surface area (Å²) >= 11 is 5.82. The first-order valence-electron chi connectivity index (χ1n) is 6.73. The van der Waals surface area contributed by atoms with Gasteiger partial charge in [0.15, 0.2) is 0 Å². The maximum atomic E-state index is 12.6. The molecule has 0 radical (unpaired) electrons. The minimum absolute atomic E-state index is 0.0561. The van der Waals surface area contributed by atoms with Gasteiger partial charge in [-0.15, -0.1) is 0 Å². The first-order chi connectivity index (χ1) is 10.5. The van der Waals surface area contributed by atoms with Crippen LogP contribution in [0.4, 0.5) is 5.69 Å². The lowest BCUT2D eigenvalue weighted by Crippen LogP contribution is -2.34. The molecule has 22 heavy (non-hydrogen) atoms. The van der Waals surface area contributed by atoms with Gasteiger partial charge >= 0.3 is 5.97 Å². The van der Waals surface area contributed by atoms with E-state index in [1.165, 1.54) is 18.2 Å². The smallest absolute Gasteiger partial charge is 0.337 e. The molecule has 4 atom stereocenters. The molecule has 6 nitrogen and oxygen atoms in total. The van der Waals surface area contributed by atoms with Crippen molar-refractivity contribution < 1.29 is 24.2 Å². The van der Waals surface area contributed by atoms with Crippen LogP contribution in [0.2, 0.25) is 5.02 Å². The van der Waals surface area contributed by atoms with E-state index in [-0.39, 0.29) is 40.3 Å². The molecule has 0 saturated carbocycles. The van der Waals surface area contributed by atoms with Crippen molar-refractivity contribution in [1.29, 1.82) is 0 Å². The number of ether oxygens (including phenoxy) is 1. The van der Waals surface area contributed by atoms with E-state index >= 15 is 0 Å². The van der Waals surface area contributed by atoms with Crippen LogP contribution < -0.4 is 4.90 Å². The molecule has 7 heteroatoms. The summed E-state index contributed by atoms with van der Waals surface area (Å²) in [6.07, 6.45) is 2.85. The van der Waals surface area contributed by atoms with Gasteiger partial charge in [-0.25, -0.2) is 9.69 Å². The van der Waals surface area contributed by atoms with Gasteiger partial charge in [-0.1, -0.05) is 23.8 Å². The number of aromatic carboxylic acids is 1. The third-order valence-corrected chi connectivity index (χ3v) is 4.68. The number of nitrogens with zero attached hydrogens (tertiary/aromatic N) is 1. The largest absolute Gasteiger partial charge is 0.478 e. The lowest BCUT2D eigenvalue weighted by atomic mass is 9.85. The van der Waals surface area contributed by atoms with Crippen LogP contribution in [0.25, 0.3) is 0 Å². The van der Waals surface area contributed by atoms with Crippen LogP contribution >= 0.6 is 11.6 Å². The van der Waals surface area contributed by atoms with Crippen molar-refractivity contribution >= 4 is 35.1 Å². The molecule has 1 aromatic carbocycles. The number of benzene rings is 1. The Hall–Kier alpha value is -2.18. The maximum Gasteiger partial charge on any atom is 0.337 e. The number of hydrogen-bond acceptors (Lipinski definition) is 4. The number of carbonyl (C=O) groups is 3. The number of anilines is 1. The second-order valence-electron chi connectivity index (χ2n) is 5.48. The molecule has 0 unspecified atom stereocenters. The summed E-state index contributed by atoms with van der Waals surface area (Å²) in [6.45, 7) is 0. The summed E-state index contributed by atoms with van der Waals surface area (Å²) in [6, 6.07) is 4.10. The van der Waals surface area contributed by atoms with Crippen molar-refractivity contribution in [2.24, 2.45) is 11.8 Å². The third kappa shape index (κ3) is 1.62. The number of rotatable bonds is 2. The monoisotopic (exact) mass is 319 g/mol. The van der Waals surface area contributed by atoms with E-state index in [0.29, 0.717) is 0 Å². The number of amides is 2. The predicted octanol–water partition coefficient (Wildman–Crippen LogP) is 1.48. The van der Waals surface area contributed by atoms with Crippen molar-refractivity contribution in [3.05, 3.63) is 40.9 Å². The molecule has 1 N–H and O–H groups in total. The van der Waals surface area contributed by atoms with Crippen LogP contribution in [0.15, 0.2) is 30.4 Å². The highest BCUT2D eigenvalue weighted by Gasteiger charge is 2.61. The van der Waals surface area contributed by atoms with E-state index < -0.39 is 17.8 Å². The second kappa shape index (κ2) is 4.41. The molecule has 3 heterocycles. The molecule has 2 amide bonds. The average molecular weight is 320 g/mol. The van der Waals surface area contributed by atoms with E-state index in [0.717, 1.165) is 4.90 Å². The number of carboxylic acids is 1. The molecule has 4 rings (SSSR count). The molecule has 0 spiro atoms. The molecule has 3 aliphatic heterocycles. The number of carbonyl (C=O) groups excluding carboxylic acids is 2. The molecule has 2 bridgehead atoms. The van der Waals surface area contributed by atoms with Gasteiger partial charge in [-0.3, -0.25) is 9.59 Å². The molecule has 0 aromatic heterocycles. The van der Waals surface area contributed by atoms with Crippen LogP contribution in [-0.4, -0.2) is 35.1 Å². The Morgan fingerprint density at radius 3 is 2.27 bits per heavy atom. The SMILES string of the molecule is O=C(O)c1cc(N2C(=O)[C@H]3[C@H](C2=O)[C@H]2C=C[C@H]3O2)ccc1Cl. The predicted molar refractivity (Wildman–Crippen MR) is 75.7 cm³/mol. The number of halogens is 1. The zero-order valence-corrected chi connectivity index (χ0v) is 11.9. The zero-order valence-electron chi connectivity index (χ0n) is 11.1. The van der Waals surface area contributed by atoms with Gasteiger partial charge in [0, 0.05) is 0 Å². The quantitative estimate of drug-likeness (QED) is 0.659. The molecule has 112 valence electrons. The summed E-state index contributed by atoms with van der Waals surface area (Å²) in [5.41, 5.74) is 0.0831. The van der Waals surface area contributed by atoms with E-state index in [1.54, 1.807) is 12.2 Å². The summed E-state index contributed by atoms with van der Waals surface area (Å²) in [5, 5.41) is 9.17. The van der Waals surface area contributed by atoms with Crippen molar-refractivity contribution in [3.8, 4) is 0 Å². The highest BCUT2D eigenvalue weighted by molar-refractivity contribution is 6.34. The lowest BCUT2D eigenvalue weighted by Gasteiger charge is -2.18. The van der Waals surface area contributed by atoms with Crippen molar-refractivity contribution in [3.63, 3.8) is 0 Å². The van der Waals surface area contributed by atoms with Gasteiger partial charge in [-0.05, 0) is 18.2 Å². The van der Waals surface area contributed by atoms with Gasteiger partial charge in [-0.2, -0.15) is 0 Å². The zero-order chi connectivity index (χ0) is 15.6. The fraction of sp³-hybridized carbons (Fsp3) is 0.267. The molecule has 1 aromatic rings. The average Bonchev–Trinajstić information content (AvgIpc) is 3.14. The number of hydrogen-bond donors (Lipinski definition) is 1. The number of imide groups is 1. The van der Waals surface area contributed by atoms with E-state index in [4.69, 9.17) is 21.4 Å². The molecule has 2 saturated heterocycles. The van der Waals surface area contributed by atoms with E-state index in [1.807, 2.05) is 0 Å². The molecular weight excluding hydrogens is 310 g/mol. The normalized spacial score (nSPS) is 32.0. The first-order valence-corrected chi connectivity index (χ1v) is 7.11. The summed E-state index contributed by atoms with van der Waals surface area (Å²) in [4.78, 5) is 37.3. The Balaban J connectivity index is 1.76. The summed E-state index contributed by atoms with van der Waals surface area (Å²) in [5.74, 6) is -2.97. The fourth-order valence-corrected chi connectivity index (χ4v) is 3.57. The van der Waals surface area contributed by atoms with Crippen LogP contribution in [0.5, 0.6) is 0 Å². The highest BCUT2D eigenvalue weighted by atomic mass is 35.5. The summed E-state index contributed by atoms with van der Waals surface area (Å²) in [7, 11) is 0. The molecule has 0 aliphatic carbocycles. The van der Waals surface area contributed by atoms with Crippen LogP contribution in [0.1, 0.15) is 10.4 Å². The minimum Gasteiger partial charge on any atom is -0.478 e. The van der Waals surface area contributed by atoms with Crippen LogP contribution in [0, 0.1) is 11.8 Å². The minimum atomic E-state index is -1.21. The Morgan fingerprint density at radius 1 is 1.14 bits per heavy atom. The van der Waals surface area contributed by atoms with Gasteiger partial charge in [0.25, 0.3) is 0 Å². The maximum absolute atomic E-state index is 12.6. The fourth-order valence-electron chi connectivity index (χ4n) is 3.37. The van der Waals surface area contributed by atoms with Gasteiger partial charge in [0.05, 0.1) is 40.3 Å². The highest BCUT2D eigenvalue weighted by Crippen LogP contribution is 2.46. The topological polar surface area (TPSA) is 83.9 Å². The van der Waals surface area contributed by atoms with Crippen LogP contribution in [0.3, 0.4) is 0 Å². The second-order valence-corrected chi connectivity index (χ2v) is 5.89. The van der Waals surface area contributed by atoms with Crippen molar-refractivity contribution in [1.82, 2.24) is 0 Å². The lowest BCUT2D eigenvalue weighted by molar-refractivity contribution is -0.124. The Kier molecular flexibility index (Phi) is 2.70. The third-order valence-electron chi connectivity index (χ3n) is 4.35. The summed E-state index contributed by atoms with van der Waals surface area (Å²) < 4.78 is 5.55. The van der Waals surface area contributed by atoms with Gasteiger partial charge < -0.3 is 9.84 Å². The van der Waals surface area contributed by atoms with E-state index in [2.05, 4.69) is 0 Å². The molecule has 2 fully saturated rings.